The van der Waals surface area contributed by atoms with Gasteiger partial charge in [0.2, 0.25) is 10.6 Å². The van der Waals surface area contributed by atoms with Gasteiger partial charge in [-0.15, -0.1) is 0 Å². The maximum atomic E-state index is 5.86. The van der Waals surface area contributed by atoms with Crippen LogP contribution in [0, 0.1) is 0 Å². The minimum absolute atomic E-state index is 0. The minimum atomic E-state index is 0. The monoisotopic (exact) mass is 554 g/mol. The van der Waals surface area contributed by atoms with Gasteiger partial charge in [0.1, 0.15) is 22.4 Å². The maximum Gasteiger partial charge on any atom is 0.224 e. The molecule has 0 saturated heterocycles. The number of rotatable bonds is 4. The molecule has 13 heteroatoms. The molecule has 33 heavy (non-hydrogen) atoms. The average molecular weight is 557 g/mol. The van der Waals surface area contributed by atoms with Crippen LogP contribution in [0.1, 0.15) is 26.4 Å². The Bertz CT molecular complexity index is 1050. The van der Waals surface area contributed by atoms with Crippen LogP contribution in [0.2, 0.25) is 25.8 Å². The van der Waals surface area contributed by atoms with Gasteiger partial charge in [-0.05, 0) is 47.5 Å². The lowest BCUT2D eigenvalue weighted by atomic mass is 10.4. The lowest BCUT2D eigenvalue weighted by Crippen LogP contribution is -2.01. The lowest BCUT2D eigenvalue weighted by Gasteiger charge is -2.04. The predicted octanol–water partition coefficient (Wildman–Crippen LogP) is 7.44. The number of hydrogen-bond acceptors (Lipinski definition) is 8. The zero-order valence-electron chi connectivity index (χ0n) is 15.6. The van der Waals surface area contributed by atoms with Crippen LogP contribution < -0.4 is 11.1 Å². The van der Waals surface area contributed by atoms with Crippen molar-refractivity contribution in [2.24, 2.45) is 5.73 Å². The molecule has 0 aromatic carbocycles. The second-order valence-electron chi connectivity index (χ2n) is 5.33. The van der Waals surface area contributed by atoms with Crippen LogP contribution in [0.4, 0.5) is 5.82 Å². The molecular weight excluding hydrogens is 534 g/mol. The normalized spacial score (nSPS) is 9.27. The average Bonchev–Trinajstić information content (AvgIpc) is 3.46. The Balaban J connectivity index is 0.000000491. The molecule has 180 valence electrons. The molecule has 0 unspecified atom stereocenters. The topological polar surface area (TPSA) is 116 Å². The van der Waals surface area contributed by atoms with E-state index >= 15 is 0 Å². The number of aromatic nitrogens is 4. The van der Waals surface area contributed by atoms with E-state index in [4.69, 9.17) is 72.6 Å². The third-order valence-corrected chi connectivity index (χ3v) is 4.48. The van der Waals surface area contributed by atoms with Gasteiger partial charge in [0.05, 0.1) is 43.0 Å². The SMILES string of the molecule is C.C.Clc1ncc(Cl)c(Cl)n1.Clc1ncc(Cl)c(NCc2ccco2)n1.NCc1ccco1. The molecule has 4 aromatic heterocycles. The number of anilines is 1. The van der Waals surface area contributed by atoms with Crippen molar-refractivity contribution >= 4 is 63.8 Å². The Morgan fingerprint density at radius 3 is 1.79 bits per heavy atom. The van der Waals surface area contributed by atoms with E-state index in [1.807, 2.05) is 24.3 Å². The molecule has 0 aliphatic heterocycles. The first-order valence-corrected chi connectivity index (χ1v) is 10.3. The van der Waals surface area contributed by atoms with Crippen molar-refractivity contribution < 1.29 is 8.83 Å². The van der Waals surface area contributed by atoms with Gasteiger partial charge in [0, 0.05) is 0 Å². The molecule has 0 spiro atoms. The van der Waals surface area contributed by atoms with Crippen LogP contribution in [0.15, 0.2) is 58.0 Å². The zero-order chi connectivity index (χ0) is 22.6. The summed E-state index contributed by atoms with van der Waals surface area (Å²) in [4.78, 5) is 14.8. The van der Waals surface area contributed by atoms with Gasteiger partial charge in [-0.1, -0.05) is 49.7 Å². The van der Waals surface area contributed by atoms with Gasteiger partial charge < -0.3 is 19.9 Å². The van der Waals surface area contributed by atoms with E-state index in [1.54, 1.807) is 12.5 Å². The molecular formula is C20H23Cl5N6O2. The van der Waals surface area contributed by atoms with E-state index in [9.17, 15) is 0 Å². The number of nitrogens with two attached hydrogens (primary N) is 1. The molecule has 0 aliphatic rings. The van der Waals surface area contributed by atoms with E-state index in [1.165, 1.54) is 12.4 Å². The molecule has 0 bridgehead atoms. The number of nitrogens with zero attached hydrogens (tertiary/aromatic N) is 4. The largest absolute Gasteiger partial charge is 0.468 e. The number of nitrogens with one attached hydrogen (secondary N) is 1. The summed E-state index contributed by atoms with van der Waals surface area (Å²) in [7, 11) is 0. The fourth-order valence-corrected chi connectivity index (χ4v) is 2.50. The Hall–Kier alpha value is -2.07. The summed E-state index contributed by atoms with van der Waals surface area (Å²) in [5.74, 6) is 2.12. The summed E-state index contributed by atoms with van der Waals surface area (Å²) in [6.45, 7) is 0.993. The lowest BCUT2D eigenvalue weighted by molar-refractivity contribution is 0.512. The van der Waals surface area contributed by atoms with Crippen LogP contribution >= 0.6 is 58.0 Å². The quantitative estimate of drug-likeness (QED) is 0.197. The highest BCUT2D eigenvalue weighted by Gasteiger charge is 2.04. The van der Waals surface area contributed by atoms with Gasteiger partial charge >= 0.3 is 0 Å². The zero-order valence-corrected chi connectivity index (χ0v) is 19.4. The second kappa shape index (κ2) is 16.5. The van der Waals surface area contributed by atoms with Crippen LogP contribution in [-0.4, -0.2) is 19.9 Å². The van der Waals surface area contributed by atoms with Crippen molar-refractivity contribution in [1.82, 2.24) is 19.9 Å². The van der Waals surface area contributed by atoms with Crippen LogP contribution in [-0.2, 0) is 13.1 Å². The fraction of sp³-hybridized carbons (Fsp3) is 0.200. The third-order valence-electron chi connectivity index (χ3n) is 3.18. The summed E-state index contributed by atoms with van der Waals surface area (Å²) in [6.07, 6.45) is 6.01. The van der Waals surface area contributed by atoms with E-state index in [2.05, 4.69) is 25.3 Å². The van der Waals surface area contributed by atoms with Crippen molar-refractivity contribution in [2.75, 3.05) is 5.32 Å². The summed E-state index contributed by atoms with van der Waals surface area (Å²) in [6, 6.07) is 7.33. The molecule has 0 amide bonds. The first-order chi connectivity index (χ1) is 14.9. The van der Waals surface area contributed by atoms with Crippen molar-refractivity contribution in [3.05, 3.63) is 86.5 Å². The Kier molecular flexibility index (Phi) is 15.5. The Morgan fingerprint density at radius 2 is 1.33 bits per heavy atom. The van der Waals surface area contributed by atoms with Gasteiger partial charge in [0.25, 0.3) is 0 Å². The second-order valence-corrected chi connectivity index (χ2v) is 7.18. The highest BCUT2D eigenvalue weighted by Crippen LogP contribution is 2.20. The van der Waals surface area contributed by atoms with Gasteiger partial charge in [0.15, 0.2) is 5.15 Å². The summed E-state index contributed by atoms with van der Waals surface area (Å²) >= 11 is 27.8. The maximum absolute atomic E-state index is 5.86. The van der Waals surface area contributed by atoms with Crippen molar-refractivity contribution in [3.63, 3.8) is 0 Å². The van der Waals surface area contributed by atoms with Gasteiger partial charge in [-0.25, -0.2) is 15.0 Å². The highest BCUT2D eigenvalue weighted by molar-refractivity contribution is 6.41. The molecule has 0 fully saturated rings. The summed E-state index contributed by atoms with van der Waals surface area (Å²) in [5.41, 5.74) is 5.20. The number of hydrogen-bond donors (Lipinski definition) is 2. The fourth-order valence-electron chi connectivity index (χ4n) is 1.81. The van der Waals surface area contributed by atoms with E-state index < -0.39 is 0 Å². The van der Waals surface area contributed by atoms with Crippen molar-refractivity contribution in [1.29, 1.82) is 0 Å². The predicted molar refractivity (Wildman–Crippen MR) is 135 cm³/mol. The molecule has 4 rings (SSSR count). The standard InChI is InChI=1S/C9H7Cl2N3O.C5H7NO.C4HCl3N2.2CH4/c10-7-5-13-9(11)14-8(7)12-4-6-2-1-3-15-6;6-4-5-2-1-3-7-5;5-2-1-8-4(7)9-3(2)6;;/h1-3,5H,4H2,(H,12,13,14);1-3H,4,6H2;1H;2*1H4. The van der Waals surface area contributed by atoms with Crippen molar-refractivity contribution in [3.8, 4) is 0 Å². The summed E-state index contributed by atoms with van der Waals surface area (Å²) < 4.78 is 10.0. The first kappa shape index (κ1) is 30.9. The highest BCUT2D eigenvalue weighted by atomic mass is 35.5. The van der Waals surface area contributed by atoms with Crippen LogP contribution in [0.25, 0.3) is 0 Å². The molecule has 4 heterocycles. The Morgan fingerprint density at radius 1 is 0.788 bits per heavy atom. The van der Waals surface area contributed by atoms with E-state index in [0.29, 0.717) is 29.0 Å². The van der Waals surface area contributed by atoms with E-state index in [-0.39, 0.29) is 30.6 Å². The number of halogens is 5. The molecule has 0 aliphatic carbocycles. The molecule has 0 atom stereocenters. The number of furan rings is 2. The van der Waals surface area contributed by atoms with Crippen molar-refractivity contribution in [2.45, 2.75) is 27.9 Å². The Labute approximate surface area is 217 Å². The molecule has 4 aromatic rings. The summed E-state index contributed by atoms with van der Waals surface area (Å²) in [5, 5.41) is 4.16. The minimum Gasteiger partial charge on any atom is -0.468 e. The first-order valence-electron chi connectivity index (χ1n) is 8.39. The third kappa shape index (κ3) is 11.6. The molecule has 0 radical (unpaired) electrons. The molecule has 8 nitrogen and oxygen atoms in total. The van der Waals surface area contributed by atoms with Gasteiger partial charge in [-0.3, -0.25) is 0 Å². The van der Waals surface area contributed by atoms with Crippen LogP contribution in [0.3, 0.4) is 0 Å². The van der Waals surface area contributed by atoms with Crippen LogP contribution in [0.5, 0.6) is 0 Å². The smallest absolute Gasteiger partial charge is 0.224 e. The molecule has 3 N–H and O–H groups in total. The van der Waals surface area contributed by atoms with Gasteiger partial charge in [-0.2, -0.15) is 4.98 Å². The van der Waals surface area contributed by atoms with E-state index in [0.717, 1.165) is 11.5 Å². The molecule has 0 saturated carbocycles.